The molecule has 0 bridgehead atoms. The summed E-state index contributed by atoms with van der Waals surface area (Å²) in [5.41, 5.74) is 2.33. The van der Waals surface area contributed by atoms with Crippen LogP contribution in [0.3, 0.4) is 0 Å². The van der Waals surface area contributed by atoms with Crippen LogP contribution in [0, 0.1) is 13.8 Å². The molecule has 0 unspecified atom stereocenters. The van der Waals surface area contributed by atoms with E-state index in [-0.39, 0.29) is 23.9 Å². The number of benzene rings is 1. The lowest BCUT2D eigenvalue weighted by Crippen LogP contribution is -2.50. The molecule has 1 aromatic carbocycles. The Labute approximate surface area is 198 Å². The Hall–Kier alpha value is -3.37. The number of carbonyl (C=O) groups excluding carboxylic acids is 1. The van der Waals surface area contributed by atoms with Gasteiger partial charge in [0.2, 0.25) is 10.0 Å². The third-order valence-corrected chi connectivity index (χ3v) is 8.11. The molecule has 0 radical (unpaired) electrons. The normalized spacial score (nSPS) is 16.5. The zero-order valence-electron chi connectivity index (χ0n) is 19.1. The molecule has 0 spiro atoms. The number of aryl methyl sites for hydroxylation is 1. The SMILES string of the molecule is Cc1cc(C(=O)N2CCN(S(=O)(=O)c3ccc4c(c3)OCCO4)CC2)c(C)n1-c1ccccn1. The van der Waals surface area contributed by atoms with Gasteiger partial charge in [-0.05, 0) is 44.2 Å². The van der Waals surface area contributed by atoms with Crippen LogP contribution >= 0.6 is 0 Å². The molecule has 0 aliphatic carbocycles. The van der Waals surface area contributed by atoms with Crippen LogP contribution in [0.2, 0.25) is 0 Å². The van der Waals surface area contributed by atoms with Gasteiger partial charge in [0.15, 0.2) is 11.5 Å². The van der Waals surface area contributed by atoms with E-state index in [1.54, 1.807) is 17.2 Å². The summed E-state index contributed by atoms with van der Waals surface area (Å²) in [7, 11) is -3.71. The Kier molecular flexibility index (Phi) is 5.78. The van der Waals surface area contributed by atoms with E-state index in [4.69, 9.17) is 9.47 Å². The van der Waals surface area contributed by atoms with E-state index >= 15 is 0 Å². The average molecular weight is 483 g/mol. The highest BCUT2D eigenvalue weighted by molar-refractivity contribution is 7.89. The predicted molar refractivity (Wildman–Crippen MR) is 125 cm³/mol. The third kappa shape index (κ3) is 3.92. The van der Waals surface area contributed by atoms with Crippen molar-refractivity contribution in [2.24, 2.45) is 0 Å². The number of carbonyl (C=O) groups is 1. The van der Waals surface area contributed by atoms with Gasteiger partial charge in [-0.25, -0.2) is 13.4 Å². The predicted octanol–water partition coefficient (Wildman–Crippen LogP) is 2.41. The number of nitrogens with zero attached hydrogens (tertiary/aromatic N) is 4. The van der Waals surface area contributed by atoms with Crippen LogP contribution in [-0.2, 0) is 10.0 Å². The molecule has 0 saturated carbocycles. The minimum atomic E-state index is -3.71. The summed E-state index contributed by atoms with van der Waals surface area (Å²) in [5, 5.41) is 0. The van der Waals surface area contributed by atoms with Gasteiger partial charge in [-0.15, -0.1) is 0 Å². The Morgan fingerprint density at radius 1 is 0.941 bits per heavy atom. The number of ether oxygens (including phenoxy) is 2. The molecule has 0 N–H and O–H groups in total. The summed E-state index contributed by atoms with van der Waals surface area (Å²) in [6, 6.07) is 12.2. The van der Waals surface area contributed by atoms with Crippen LogP contribution in [0.25, 0.3) is 5.82 Å². The molecule has 2 aliphatic heterocycles. The molecule has 1 amide bonds. The van der Waals surface area contributed by atoms with Crippen molar-refractivity contribution >= 4 is 15.9 Å². The molecule has 4 heterocycles. The van der Waals surface area contributed by atoms with Crippen LogP contribution in [0.15, 0.2) is 53.6 Å². The summed E-state index contributed by atoms with van der Waals surface area (Å²) in [5.74, 6) is 1.63. The van der Waals surface area contributed by atoms with Crippen molar-refractivity contribution in [1.29, 1.82) is 0 Å². The number of fused-ring (bicyclic) bond motifs is 1. The molecule has 2 aliphatic rings. The van der Waals surface area contributed by atoms with Gasteiger partial charge in [0.1, 0.15) is 19.0 Å². The molecular weight excluding hydrogens is 456 g/mol. The molecule has 0 atom stereocenters. The van der Waals surface area contributed by atoms with Crippen LogP contribution in [-0.4, -0.2) is 72.5 Å². The van der Waals surface area contributed by atoms with E-state index in [9.17, 15) is 13.2 Å². The van der Waals surface area contributed by atoms with Crippen LogP contribution in [0.4, 0.5) is 0 Å². The minimum Gasteiger partial charge on any atom is -0.486 e. The number of hydrogen-bond acceptors (Lipinski definition) is 6. The fourth-order valence-electron chi connectivity index (χ4n) is 4.45. The fraction of sp³-hybridized carbons (Fsp3) is 0.333. The van der Waals surface area contributed by atoms with E-state index in [1.807, 2.05) is 42.7 Å². The number of aromatic nitrogens is 2. The van der Waals surface area contributed by atoms with Gasteiger partial charge in [-0.1, -0.05) is 6.07 Å². The van der Waals surface area contributed by atoms with E-state index < -0.39 is 10.0 Å². The lowest BCUT2D eigenvalue weighted by Gasteiger charge is -2.34. The maximum absolute atomic E-state index is 13.3. The maximum atomic E-state index is 13.3. The Bertz CT molecular complexity index is 1330. The zero-order chi connectivity index (χ0) is 23.9. The first-order valence-corrected chi connectivity index (χ1v) is 12.6. The molecule has 10 heteroatoms. The van der Waals surface area contributed by atoms with Crippen molar-refractivity contribution in [2.45, 2.75) is 18.7 Å². The first-order chi connectivity index (χ1) is 16.4. The van der Waals surface area contributed by atoms with Gasteiger partial charge in [-0.3, -0.25) is 4.79 Å². The average Bonchev–Trinajstić information content (AvgIpc) is 3.17. The van der Waals surface area contributed by atoms with Gasteiger partial charge in [0.05, 0.1) is 10.5 Å². The second-order valence-electron chi connectivity index (χ2n) is 8.31. The topological polar surface area (TPSA) is 94.0 Å². The van der Waals surface area contributed by atoms with Gasteiger partial charge >= 0.3 is 0 Å². The number of piperazine rings is 1. The number of amides is 1. The van der Waals surface area contributed by atoms with Crippen molar-refractivity contribution < 1.29 is 22.7 Å². The highest BCUT2D eigenvalue weighted by Crippen LogP contribution is 2.33. The second-order valence-corrected chi connectivity index (χ2v) is 10.2. The maximum Gasteiger partial charge on any atom is 0.255 e. The van der Waals surface area contributed by atoms with Crippen molar-refractivity contribution in [3.8, 4) is 17.3 Å². The number of sulfonamides is 1. The van der Waals surface area contributed by atoms with E-state index in [1.165, 1.54) is 16.4 Å². The van der Waals surface area contributed by atoms with E-state index in [2.05, 4.69) is 4.98 Å². The lowest BCUT2D eigenvalue weighted by molar-refractivity contribution is 0.0697. The van der Waals surface area contributed by atoms with E-state index in [0.29, 0.717) is 43.4 Å². The molecular formula is C24H26N4O5S. The second kappa shape index (κ2) is 8.77. The number of hydrogen-bond donors (Lipinski definition) is 0. The molecule has 5 rings (SSSR count). The van der Waals surface area contributed by atoms with Gasteiger partial charge in [-0.2, -0.15) is 4.31 Å². The van der Waals surface area contributed by atoms with Gasteiger partial charge in [0.25, 0.3) is 5.91 Å². The van der Waals surface area contributed by atoms with Crippen molar-refractivity contribution in [2.75, 3.05) is 39.4 Å². The summed E-state index contributed by atoms with van der Waals surface area (Å²) >= 11 is 0. The summed E-state index contributed by atoms with van der Waals surface area (Å²) < 4.78 is 40.8. The quantitative estimate of drug-likeness (QED) is 0.567. The first-order valence-electron chi connectivity index (χ1n) is 11.2. The Morgan fingerprint density at radius 2 is 1.68 bits per heavy atom. The number of rotatable bonds is 4. The van der Waals surface area contributed by atoms with Crippen LogP contribution in [0.5, 0.6) is 11.5 Å². The van der Waals surface area contributed by atoms with Crippen LogP contribution < -0.4 is 9.47 Å². The molecule has 9 nitrogen and oxygen atoms in total. The fourth-order valence-corrected chi connectivity index (χ4v) is 5.89. The molecule has 3 aromatic rings. The van der Waals surface area contributed by atoms with Gasteiger partial charge < -0.3 is 18.9 Å². The molecule has 34 heavy (non-hydrogen) atoms. The monoisotopic (exact) mass is 482 g/mol. The minimum absolute atomic E-state index is 0.105. The summed E-state index contributed by atoms with van der Waals surface area (Å²) in [6.45, 7) is 5.75. The highest BCUT2D eigenvalue weighted by Gasteiger charge is 2.32. The van der Waals surface area contributed by atoms with Gasteiger partial charge in [0, 0.05) is 49.8 Å². The van der Waals surface area contributed by atoms with Crippen molar-refractivity contribution in [3.63, 3.8) is 0 Å². The molecule has 1 fully saturated rings. The Morgan fingerprint density at radius 3 is 2.38 bits per heavy atom. The molecule has 178 valence electrons. The smallest absolute Gasteiger partial charge is 0.255 e. The third-order valence-electron chi connectivity index (χ3n) is 6.22. The highest BCUT2D eigenvalue weighted by atomic mass is 32.2. The van der Waals surface area contributed by atoms with Crippen LogP contribution in [0.1, 0.15) is 21.7 Å². The standard InChI is InChI=1S/C24H26N4O5S/c1-17-15-20(18(2)28(17)23-5-3-4-8-25-23)24(29)26-9-11-27(12-10-26)34(30,31)19-6-7-21-22(16-19)33-14-13-32-21/h3-8,15-16H,9-14H2,1-2H3. The summed E-state index contributed by atoms with van der Waals surface area (Å²) in [4.78, 5) is 19.6. The molecule has 2 aromatic heterocycles. The lowest BCUT2D eigenvalue weighted by atomic mass is 10.2. The number of pyridine rings is 1. The largest absolute Gasteiger partial charge is 0.486 e. The van der Waals surface area contributed by atoms with Crippen molar-refractivity contribution in [3.05, 3.63) is 65.6 Å². The van der Waals surface area contributed by atoms with E-state index in [0.717, 1.165) is 17.2 Å². The molecule has 1 saturated heterocycles. The Balaban J connectivity index is 1.31. The zero-order valence-corrected chi connectivity index (χ0v) is 19.9. The van der Waals surface area contributed by atoms with Crippen molar-refractivity contribution in [1.82, 2.24) is 18.8 Å². The first kappa shape index (κ1) is 22.4. The summed E-state index contributed by atoms with van der Waals surface area (Å²) in [6.07, 6.45) is 1.72.